The van der Waals surface area contributed by atoms with E-state index in [2.05, 4.69) is 24.8 Å². The number of likely N-dealkylation sites (tertiary alicyclic amines) is 1. The first-order chi connectivity index (χ1) is 7.58. The molecule has 0 spiro atoms. The molecule has 0 bridgehead atoms. The number of hydrogen-bond donors (Lipinski definition) is 1. The smallest absolute Gasteiger partial charge is 0.0931 e. The zero-order valence-corrected chi connectivity index (χ0v) is 11.4. The van der Waals surface area contributed by atoms with Gasteiger partial charge in [0.2, 0.25) is 0 Å². The Morgan fingerprint density at radius 1 is 1.56 bits per heavy atom. The van der Waals surface area contributed by atoms with E-state index in [0.717, 1.165) is 23.8 Å². The molecule has 0 saturated carbocycles. The molecule has 4 heteroatoms. The van der Waals surface area contributed by atoms with Gasteiger partial charge in [-0.15, -0.1) is 11.3 Å². The molecule has 90 valence electrons. The van der Waals surface area contributed by atoms with Crippen molar-refractivity contribution in [2.45, 2.75) is 32.4 Å². The maximum absolute atomic E-state index is 6.04. The van der Waals surface area contributed by atoms with E-state index in [0.29, 0.717) is 18.0 Å². The minimum absolute atomic E-state index is 0.371. The minimum atomic E-state index is 0.371. The lowest BCUT2D eigenvalue weighted by Gasteiger charge is -2.38. The zero-order chi connectivity index (χ0) is 11.7. The molecule has 2 N–H and O–H groups in total. The first-order valence-corrected chi connectivity index (χ1v) is 7.02. The molecule has 1 aromatic rings. The Morgan fingerprint density at radius 3 is 2.88 bits per heavy atom. The van der Waals surface area contributed by atoms with E-state index in [9.17, 15) is 0 Å². The third-order valence-electron chi connectivity index (χ3n) is 3.56. The second-order valence-electron chi connectivity index (χ2n) is 4.74. The molecule has 1 saturated heterocycles. The standard InChI is InChI=1S/C12H19ClN2S/c1-8-7-15(6-5-10(8)14)9(2)11-3-4-12(13)16-11/h3-4,8-10H,5-7,14H2,1-2H3. The molecule has 1 aliphatic rings. The molecule has 1 fully saturated rings. The predicted octanol–water partition coefficient (Wildman–Crippen LogP) is 3.13. The summed E-state index contributed by atoms with van der Waals surface area (Å²) in [5.41, 5.74) is 6.04. The molecular weight excluding hydrogens is 240 g/mol. The summed E-state index contributed by atoms with van der Waals surface area (Å²) in [6, 6.07) is 4.96. The van der Waals surface area contributed by atoms with Crippen LogP contribution in [-0.2, 0) is 0 Å². The lowest BCUT2D eigenvalue weighted by molar-refractivity contribution is 0.126. The highest BCUT2D eigenvalue weighted by Crippen LogP contribution is 2.32. The maximum Gasteiger partial charge on any atom is 0.0931 e. The van der Waals surface area contributed by atoms with E-state index in [1.165, 1.54) is 4.88 Å². The van der Waals surface area contributed by atoms with Gasteiger partial charge in [-0.3, -0.25) is 4.90 Å². The van der Waals surface area contributed by atoms with Crippen LogP contribution in [0, 0.1) is 5.92 Å². The molecule has 1 aromatic heterocycles. The number of nitrogens with zero attached hydrogens (tertiary/aromatic N) is 1. The van der Waals surface area contributed by atoms with Crippen LogP contribution in [-0.4, -0.2) is 24.0 Å². The van der Waals surface area contributed by atoms with E-state index in [1.807, 2.05) is 6.07 Å². The highest BCUT2D eigenvalue weighted by Gasteiger charge is 2.27. The fraction of sp³-hybridized carbons (Fsp3) is 0.667. The molecule has 0 aliphatic carbocycles. The summed E-state index contributed by atoms with van der Waals surface area (Å²) in [5.74, 6) is 0.589. The molecule has 2 nitrogen and oxygen atoms in total. The van der Waals surface area contributed by atoms with Crippen LogP contribution < -0.4 is 5.73 Å². The zero-order valence-electron chi connectivity index (χ0n) is 9.82. The average Bonchev–Trinajstić information content (AvgIpc) is 2.68. The third-order valence-corrected chi connectivity index (χ3v) is 4.96. The Hall–Kier alpha value is -0.0900. The second kappa shape index (κ2) is 5.05. The van der Waals surface area contributed by atoms with Crippen molar-refractivity contribution < 1.29 is 0 Å². The third kappa shape index (κ3) is 2.59. The van der Waals surface area contributed by atoms with Gasteiger partial charge < -0.3 is 5.73 Å². The Kier molecular flexibility index (Phi) is 3.90. The molecule has 3 unspecified atom stereocenters. The van der Waals surface area contributed by atoms with Crippen LogP contribution >= 0.6 is 22.9 Å². The molecule has 0 aromatic carbocycles. The van der Waals surface area contributed by atoms with Crippen molar-refractivity contribution >= 4 is 22.9 Å². The van der Waals surface area contributed by atoms with Gasteiger partial charge in [-0.1, -0.05) is 18.5 Å². The fourth-order valence-corrected chi connectivity index (χ4v) is 3.43. The molecule has 0 amide bonds. The summed E-state index contributed by atoms with van der Waals surface area (Å²) in [6.07, 6.45) is 1.10. The lowest BCUT2D eigenvalue weighted by Crippen LogP contribution is -2.46. The number of piperidine rings is 1. The van der Waals surface area contributed by atoms with Crippen molar-refractivity contribution in [3.63, 3.8) is 0 Å². The first kappa shape index (κ1) is 12.4. The SMILES string of the molecule is CC1CN(C(C)c2ccc(Cl)s2)CCC1N. The number of thiophene rings is 1. The van der Waals surface area contributed by atoms with Crippen molar-refractivity contribution in [2.75, 3.05) is 13.1 Å². The highest BCUT2D eigenvalue weighted by atomic mass is 35.5. The van der Waals surface area contributed by atoms with Gasteiger partial charge in [0.05, 0.1) is 4.34 Å². The van der Waals surface area contributed by atoms with Gasteiger partial charge >= 0.3 is 0 Å². The van der Waals surface area contributed by atoms with Gasteiger partial charge in [-0.25, -0.2) is 0 Å². The molecule has 1 aliphatic heterocycles. The van der Waals surface area contributed by atoms with Crippen LogP contribution in [0.25, 0.3) is 0 Å². The number of nitrogens with two attached hydrogens (primary N) is 1. The summed E-state index contributed by atoms with van der Waals surface area (Å²) >= 11 is 7.66. The molecule has 2 heterocycles. The summed E-state index contributed by atoms with van der Waals surface area (Å²) in [5, 5.41) is 0. The summed E-state index contributed by atoms with van der Waals surface area (Å²) in [4.78, 5) is 3.86. The molecule has 16 heavy (non-hydrogen) atoms. The van der Waals surface area contributed by atoms with Crippen LogP contribution in [0.1, 0.15) is 31.2 Å². The summed E-state index contributed by atoms with van der Waals surface area (Å²) in [6.45, 7) is 6.69. The van der Waals surface area contributed by atoms with Crippen molar-refractivity contribution in [1.82, 2.24) is 4.90 Å². The van der Waals surface area contributed by atoms with E-state index < -0.39 is 0 Å². The van der Waals surface area contributed by atoms with Crippen molar-refractivity contribution in [3.8, 4) is 0 Å². The average molecular weight is 259 g/mol. The molecule has 2 rings (SSSR count). The molecule has 3 atom stereocenters. The van der Waals surface area contributed by atoms with Crippen molar-refractivity contribution in [1.29, 1.82) is 0 Å². The Bertz CT molecular complexity index is 353. The number of hydrogen-bond acceptors (Lipinski definition) is 3. The van der Waals surface area contributed by atoms with Gasteiger partial charge in [-0.2, -0.15) is 0 Å². The number of halogens is 1. The van der Waals surface area contributed by atoms with E-state index in [1.54, 1.807) is 11.3 Å². The highest BCUT2D eigenvalue weighted by molar-refractivity contribution is 7.16. The Labute approximate surface area is 106 Å². The lowest BCUT2D eigenvalue weighted by atomic mass is 9.94. The molecular formula is C12H19ClN2S. The largest absolute Gasteiger partial charge is 0.327 e. The van der Waals surface area contributed by atoms with Gasteiger partial charge in [0.15, 0.2) is 0 Å². The monoisotopic (exact) mass is 258 g/mol. The quantitative estimate of drug-likeness (QED) is 0.883. The second-order valence-corrected chi connectivity index (χ2v) is 6.49. The van der Waals surface area contributed by atoms with Crippen LogP contribution in [0.3, 0.4) is 0 Å². The Morgan fingerprint density at radius 2 is 2.31 bits per heavy atom. The van der Waals surface area contributed by atoms with E-state index >= 15 is 0 Å². The summed E-state index contributed by atoms with van der Waals surface area (Å²) < 4.78 is 0.878. The first-order valence-electron chi connectivity index (χ1n) is 5.83. The van der Waals surface area contributed by atoms with Crippen LogP contribution in [0.5, 0.6) is 0 Å². The minimum Gasteiger partial charge on any atom is -0.327 e. The van der Waals surface area contributed by atoms with Gasteiger partial charge in [0.1, 0.15) is 0 Å². The molecule has 0 radical (unpaired) electrons. The van der Waals surface area contributed by atoms with Gasteiger partial charge in [0.25, 0.3) is 0 Å². The fourth-order valence-electron chi connectivity index (χ4n) is 2.28. The maximum atomic E-state index is 6.04. The number of rotatable bonds is 2. The van der Waals surface area contributed by atoms with Crippen molar-refractivity contribution in [3.05, 3.63) is 21.3 Å². The van der Waals surface area contributed by atoms with Crippen LogP contribution in [0.15, 0.2) is 12.1 Å². The van der Waals surface area contributed by atoms with E-state index in [-0.39, 0.29) is 0 Å². The topological polar surface area (TPSA) is 29.3 Å². The normalized spacial score (nSPS) is 29.2. The van der Waals surface area contributed by atoms with E-state index in [4.69, 9.17) is 17.3 Å². The van der Waals surface area contributed by atoms with Gasteiger partial charge in [-0.05, 0) is 31.4 Å². The Balaban J connectivity index is 2.02. The summed E-state index contributed by atoms with van der Waals surface area (Å²) in [7, 11) is 0. The predicted molar refractivity (Wildman–Crippen MR) is 71.1 cm³/mol. The van der Waals surface area contributed by atoms with Gasteiger partial charge in [0, 0.05) is 30.1 Å². The van der Waals surface area contributed by atoms with Crippen LogP contribution in [0.4, 0.5) is 0 Å². The van der Waals surface area contributed by atoms with Crippen molar-refractivity contribution in [2.24, 2.45) is 11.7 Å². The van der Waals surface area contributed by atoms with Crippen LogP contribution in [0.2, 0.25) is 4.34 Å².